The molecule has 0 aromatic rings. The molecule has 0 heterocycles. The maximum atomic E-state index is 12.9. The summed E-state index contributed by atoms with van der Waals surface area (Å²) in [6.07, 6.45) is 77.3. The van der Waals surface area contributed by atoms with Crippen LogP contribution < -0.4 is 0 Å². The molecule has 0 fully saturated rings. The molecular weight excluding hydrogens is 913 g/mol. The SMILES string of the molecule is CCCCCCC/C=C\C/C=C\C/C=C\CCCCCCCCCCC(=O)OCC(COC(=O)CCCCCCCCCCCCC)OC(=O)CCCCCCCCCCCCCCCCCCCCCCCC. The van der Waals surface area contributed by atoms with E-state index in [1.165, 1.54) is 244 Å². The monoisotopic (exact) mass is 1040 g/mol. The molecule has 0 amide bonds. The van der Waals surface area contributed by atoms with Gasteiger partial charge in [0, 0.05) is 19.3 Å². The van der Waals surface area contributed by atoms with Crippen LogP contribution in [0.15, 0.2) is 36.5 Å². The predicted molar refractivity (Wildman–Crippen MR) is 321 cm³/mol. The van der Waals surface area contributed by atoms with E-state index in [1.54, 1.807) is 0 Å². The highest BCUT2D eigenvalue weighted by Gasteiger charge is 2.19. The summed E-state index contributed by atoms with van der Waals surface area (Å²) in [4.78, 5) is 38.3. The predicted octanol–water partition coefficient (Wildman–Crippen LogP) is 22.4. The number of hydrogen-bond donors (Lipinski definition) is 0. The molecule has 74 heavy (non-hydrogen) atoms. The standard InChI is InChI=1S/C68H126O6/c1-4-7-10-13-16-19-22-24-26-28-30-32-34-36-37-39-41-43-46-49-52-55-58-61-67(70)73-64-65(63-72-66(69)60-57-54-51-48-45-21-18-15-12-9-6-3)74-68(71)62-59-56-53-50-47-44-42-40-38-35-33-31-29-27-25-23-20-17-14-11-8-5-2/h22,24,28,30,34,36,65H,4-21,23,25-27,29,31-33,35,37-64H2,1-3H3/b24-22-,30-28-,36-34-. The van der Waals surface area contributed by atoms with Crippen LogP contribution in [0.3, 0.4) is 0 Å². The number of esters is 3. The Labute approximate surface area is 461 Å². The lowest BCUT2D eigenvalue weighted by Crippen LogP contribution is -2.30. The van der Waals surface area contributed by atoms with Crippen LogP contribution in [0.5, 0.6) is 0 Å². The summed E-state index contributed by atoms with van der Waals surface area (Å²) in [6.45, 7) is 6.68. The van der Waals surface area contributed by atoms with E-state index < -0.39 is 6.10 Å². The first-order valence-electron chi connectivity index (χ1n) is 33.0. The van der Waals surface area contributed by atoms with Gasteiger partial charge in [0.1, 0.15) is 13.2 Å². The zero-order valence-electron chi connectivity index (χ0n) is 49.9. The van der Waals surface area contributed by atoms with Crippen LogP contribution in [0.4, 0.5) is 0 Å². The molecule has 0 N–H and O–H groups in total. The van der Waals surface area contributed by atoms with E-state index in [4.69, 9.17) is 14.2 Å². The van der Waals surface area contributed by atoms with Crippen molar-refractivity contribution in [2.45, 2.75) is 367 Å². The Bertz CT molecular complexity index is 1240. The lowest BCUT2D eigenvalue weighted by molar-refractivity contribution is -0.167. The summed E-state index contributed by atoms with van der Waals surface area (Å²) < 4.78 is 16.9. The third kappa shape index (κ3) is 60.5. The Morgan fingerprint density at radius 3 is 0.757 bits per heavy atom. The Hall–Kier alpha value is -2.37. The van der Waals surface area contributed by atoms with E-state index in [2.05, 4.69) is 57.2 Å². The van der Waals surface area contributed by atoms with Gasteiger partial charge < -0.3 is 14.2 Å². The van der Waals surface area contributed by atoms with E-state index in [0.717, 1.165) is 77.0 Å². The van der Waals surface area contributed by atoms with Gasteiger partial charge >= 0.3 is 17.9 Å². The van der Waals surface area contributed by atoms with E-state index in [9.17, 15) is 14.4 Å². The normalized spacial score (nSPS) is 12.2. The van der Waals surface area contributed by atoms with Crippen LogP contribution in [0, 0.1) is 0 Å². The first kappa shape index (κ1) is 71.6. The number of carbonyl (C=O) groups is 3. The first-order chi connectivity index (χ1) is 36.5. The van der Waals surface area contributed by atoms with Gasteiger partial charge in [0.05, 0.1) is 0 Å². The van der Waals surface area contributed by atoms with Gasteiger partial charge in [-0.2, -0.15) is 0 Å². The van der Waals surface area contributed by atoms with Crippen LogP contribution in [0.25, 0.3) is 0 Å². The Morgan fingerprint density at radius 2 is 0.486 bits per heavy atom. The molecule has 0 saturated heterocycles. The molecule has 0 aromatic carbocycles. The summed E-state index contributed by atoms with van der Waals surface area (Å²) in [6, 6.07) is 0. The van der Waals surface area contributed by atoms with Crippen LogP contribution in [-0.4, -0.2) is 37.2 Å². The highest BCUT2D eigenvalue weighted by atomic mass is 16.6. The molecular formula is C68H126O6. The van der Waals surface area contributed by atoms with Crippen LogP contribution in [0.1, 0.15) is 361 Å². The summed E-state index contributed by atoms with van der Waals surface area (Å²) >= 11 is 0. The number of ether oxygens (including phenoxy) is 3. The maximum Gasteiger partial charge on any atom is 0.306 e. The number of rotatable bonds is 61. The maximum absolute atomic E-state index is 12.9. The first-order valence-corrected chi connectivity index (χ1v) is 33.0. The average Bonchev–Trinajstić information content (AvgIpc) is 3.40. The molecule has 0 saturated carbocycles. The summed E-state index contributed by atoms with van der Waals surface area (Å²) in [5.74, 6) is -0.852. The van der Waals surface area contributed by atoms with Gasteiger partial charge in [-0.05, 0) is 57.8 Å². The summed E-state index contributed by atoms with van der Waals surface area (Å²) in [7, 11) is 0. The fourth-order valence-corrected chi connectivity index (χ4v) is 9.92. The minimum Gasteiger partial charge on any atom is -0.462 e. The molecule has 0 aliphatic carbocycles. The lowest BCUT2D eigenvalue weighted by Gasteiger charge is -2.18. The molecule has 0 rings (SSSR count). The van der Waals surface area contributed by atoms with Crippen molar-refractivity contribution in [3.8, 4) is 0 Å². The second kappa shape index (κ2) is 63.2. The second-order valence-electron chi connectivity index (χ2n) is 22.4. The third-order valence-electron chi connectivity index (χ3n) is 14.9. The van der Waals surface area contributed by atoms with E-state index in [-0.39, 0.29) is 31.1 Å². The van der Waals surface area contributed by atoms with E-state index in [1.807, 2.05) is 0 Å². The molecule has 0 spiro atoms. The van der Waals surface area contributed by atoms with Crippen LogP contribution in [0.2, 0.25) is 0 Å². The largest absolute Gasteiger partial charge is 0.462 e. The Morgan fingerprint density at radius 1 is 0.270 bits per heavy atom. The minimum absolute atomic E-state index is 0.0691. The van der Waals surface area contributed by atoms with Gasteiger partial charge in [0.15, 0.2) is 6.10 Å². The highest BCUT2D eigenvalue weighted by Crippen LogP contribution is 2.18. The zero-order valence-corrected chi connectivity index (χ0v) is 49.9. The van der Waals surface area contributed by atoms with Crippen LogP contribution in [-0.2, 0) is 28.6 Å². The van der Waals surface area contributed by atoms with Gasteiger partial charge in [-0.15, -0.1) is 0 Å². The summed E-state index contributed by atoms with van der Waals surface area (Å²) in [5.41, 5.74) is 0. The quantitative estimate of drug-likeness (QED) is 0.0261. The van der Waals surface area contributed by atoms with Gasteiger partial charge in [0.25, 0.3) is 0 Å². The fourth-order valence-electron chi connectivity index (χ4n) is 9.92. The van der Waals surface area contributed by atoms with Crippen molar-refractivity contribution in [1.29, 1.82) is 0 Å². The molecule has 1 unspecified atom stereocenters. The molecule has 6 heteroatoms. The number of unbranched alkanes of at least 4 members (excludes halogenated alkanes) is 44. The molecule has 0 aliphatic rings. The number of hydrogen-bond acceptors (Lipinski definition) is 6. The Balaban J connectivity index is 4.24. The molecule has 434 valence electrons. The molecule has 6 nitrogen and oxygen atoms in total. The Kier molecular flexibility index (Phi) is 61.1. The molecule has 0 aromatic heterocycles. The molecule has 0 bridgehead atoms. The van der Waals surface area contributed by atoms with Gasteiger partial charge in [-0.3, -0.25) is 14.4 Å². The summed E-state index contributed by atoms with van der Waals surface area (Å²) in [5, 5.41) is 0. The van der Waals surface area contributed by atoms with Gasteiger partial charge in [-0.1, -0.05) is 320 Å². The minimum atomic E-state index is -0.771. The average molecular weight is 1040 g/mol. The molecule has 0 aliphatic heterocycles. The third-order valence-corrected chi connectivity index (χ3v) is 14.9. The smallest absolute Gasteiger partial charge is 0.306 e. The van der Waals surface area contributed by atoms with Crippen molar-refractivity contribution >= 4 is 17.9 Å². The van der Waals surface area contributed by atoms with Crippen molar-refractivity contribution in [3.63, 3.8) is 0 Å². The molecule has 0 radical (unpaired) electrons. The van der Waals surface area contributed by atoms with E-state index >= 15 is 0 Å². The van der Waals surface area contributed by atoms with Crippen molar-refractivity contribution in [1.82, 2.24) is 0 Å². The second-order valence-corrected chi connectivity index (χ2v) is 22.4. The van der Waals surface area contributed by atoms with Gasteiger partial charge in [-0.25, -0.2) is 0 Å². The van der Waals surface area contributed by atoms with E-state index in [0.29, 0.717) is 19.3 Å². The van der Waals surface area contributed by atoms with Crippen molar-refractivity contribution in [2.24, 2.45) is 0 Å². The lowest BCUT2D eigenvalue weighted by atomic mass is 10.0. The van der Waals surface area contributed by atoms with Crippen molar-refractivity contribution in [3.05, 3.63) is 36.5 Å². The molecule has 1 atom stereocenters. The van der Waals surface area contributed by atoms with Gasteiger partial charge in [0.2, 0.25) is 0 Å². The highest BCUT2D eigenvalue weighted by molar-refractivity contribution is 5.71. The zero-order chi connectivity index (χ0) is 53.6. The number of carbonyl (C=O) groups excluding carboxylic acids is 3. The van der Waals surface area contributed by atoms with Crippen molar-refractivity contribution in [2.75, 3.05) is 13.2 Å². The fraction of sp³-hybridized carbons (Fsp3) is 0.868. The topological polar surface area (TPSA) is 78.9 Å². The van der Waals surface area contributed by atoms with Crippen molar-refractivity contribution < 1.29 is 28.6 Å². The van der Waals surface area contributed by atoms with Crippen LogP contribution >= 0.6 is 0 Å². The number of allylic oxidation sites excluding steroid dienone is 6.